The van der Waals surface area contributed by atoms with E-state index in [1.165, 1.54) is 11.8 Å². The first-order chi connectivity index (χ1) is 10.8. The molecule has 2 unspecified atom stereocenters. The van der Waals surface area contributed by atoms with Gasteiger partial charge in [-0.15, -0.1) is 11.8 Å². The number of methoxy groups -OCH3 is 1. The summed E-state index contributed by atoms with van der Waals surface area (Å²) in [4.78, 5) is 24.3. The van der Waals surface area contributed by atoms with Crippen LogP contribution in [-0.4, -0.2) is 35.9 Å². The first-order valence-electron chi connectivity index (χ1n) is 7.64. The lowest BCUT2D eigenvalue weighted by atomic mass is 9.97. The summed E-state index contributed by atoms with van der Waals surface area (Å²) in [5.41, 5.74) is 0. The first-order valence-corrected chi connectivity index (χ1v) is 8.52. The Kier molecular flexibility index (Phi) is 7.95. The molecule has 5 nitrogen and oxygen atoms in total. The Morgan fingerprint density at radius 1 is 1.22 bits per heavy atom. The predicted molar refractivity (Wildman–Crippen MR) is 91.9 cm³/mol. The zero-order valence-corrected chi connectivity index (χ0v) is 14.9. The number of hydrogen-bond donors (Lipinski definition) is 2. The number of carboxylic acid groups (broad SMARTS) is 1. The van der Waals surface area contributed by atoms with E-state index in [4.69, 9.17) is 4.74 Å². The average Bonchev–Trinajstić information content (AvgIpc) is 2.51. The van der Waals surface area contributed by atoms with Gasteiger partial charge in [0.1, 0.15) is 5.75 Å². The van der Waals surface area contributed by atoms with Crippen LogP contribution in [0.1, 0.15) is 27.2 Å². The molecule has 0 aliphatic heterocycles. The summed E-state index contributed by atoms with van der Waals surface area (Å²) >= 11 is 1.43. The van der Waals surface area contributed by atoms with Crippen LogP contribution in [0.4, 0.5) is 0 Å². The minimum atomic E-state index is -0.866. The van der Waals surface area contributed by atoms with Gasteiger partial charge in [0.2, 0.25) is 5.91 Å². The maximum Gasteiger partial charge on any atom is 0.308 e. The van der Waals surface area contributed by atoms with Gasteiger partial charge in [-0.3, -0.25) is 9.59 Å². The Morgan fingerprint density at radius 3 is 2.30 bits per heavy atom. The number of carbonyl (C=O) groups is 2. The van der Waals surface area contributed by atoms with Crippen molar-refractivity contribution in [1.82, 2.24) is 5.32 Å². The molecule has 0 bridgehead atoms. The number of carboxylic acids is 1. The molecule has 1 amide bonds. The minimum absolute atomic E-state index is 0.152. The zero-order chi connectivity index (χ0) is 17.4. The van der Waals surface area contributed by atoms with Crippen molar-refractivity contribution >= 4 is 23.6 Å². The first kappa shape index (κ1) is 19.4. The third-order valence-corrected chi connectivity index (χ3v) is 4.48. The maximum atomic E-state index is 12.1. The summed E-state index contributed by atoms with van der Waals surface area (Å²) in [6, 6.07) is 7.48. The highest BCUT2D eigenvalue weighted by Gasteiger charge is 2.21. The molecule has 6 heteroatoms. The molecule has 0 aromatic heterocycles. The minimum Gasteiger partial charge on any atom is -0.497 e. The number of carbonyl (C=O) groups excluding carboxylic acids is 1. The van der Waals surface area contributed by atoms with Gasteiger partial charge in [-0.1, -0.05) is 13.8 Å². The SMILES string of the molecule is COc1ccc(SC(C)C(=O)NCC(CC(C)C)C(=O)O)cc1. The second-order valence-electron chi connectivity index (χ2n) is 5.85. The number of benzene rings is 1. The molecule has 2 N–H and O–H groups in total. The van der Waals surface area contributed by atoms with Crippen molar-refractivity contribution in [2.45, 2.75) is 37.3 Å². The summed E-state index contributed by atoms with van der Waals surface area (Å²) in [5, 5.41) is 11.6. The van der Waals surface area contributed by atoms with E-state index in [0.29, 0.717) is 6.42 Å². The van der Waals surface area contributed by atoms with Crippen LogP contribution in [0.15, 0.2) is 29.2 Å². The van der Waals surface area contributed by atoms with Gasteiger partial charge in [0.25, 0.3) is 0 Å². The number of amides is 1. The molecule has 0 saturated heterocycles. The van der Waals surface area contributed by atoms with Crippen LogP contribution in [0.5, 0.6) is 5.75 Å². The molecule has 0 aliphatic carbocycles. The second-order valence-corrected chi connectivity index (χ2v) is 7.26. The molecule has 1 aromatic rings. The Morgan fingerprint density at radius 2 is 1.83 bits per heavy atom. The van der Waals surface area contributed by atoms with Gasteiger partial charge in [-0.2, -0.15) is 0 Å². The van der Waals surface area contributed by atoms with Gasteiger partial charge in [-0.05, 0) is 43.5 Å². The molecular weight excluding hydrogens is 314 g/mol. The molecule has 0 saturated carbocycles. The lowest BCUT2D eigenvalue weighted by Crippen LogP contribution is -2.37. The Balaban J connectivity index is 2.50. The molecule has 0 radical (unpaired) electrons. The van der Waals surface area contributed by atoms with E-state index in [1.54, 1.807) is 7.11 Å². The van der Waals surface area contributed by atoms with Gasteiger partial charge >= 0.3 is 5.97 Å². The number of ether oxygens (including phenoxy) is 1. The van der Waals surface area contributed by atoms with Crippen LogP contribution in [-0.2, 0) is 9.59 Å². The third-order valence-electron chi connectivity index (χ3n) is 3.37. The average molecular weight is 339 g/mol. The summed E-state index contributed by atoms with van der Waals surface area (Å²) in [5.74, 6) is -0.518. The largest absolute Gasteiger partial charge is 0.497 e. The smallest absolute Gasteiger partial charge is 0.308 e. The normalized spacial score (nSPS) is 13.4. The standard InChI is InChI=1S/C17H25NO4S/c1-11(2)9-13(17(20)21)10-18-16(19)12(3)23-15-7-5-14(22-4)6-8-15/h5-8,11-13H,9-10H2,1-4H3,(H,18,19)(H,20,21). The van der Waals surface area contributed by atoms with Gasteiger partial charge < -0.3 is 15.2 Å². The van der Waals surface area contributed by atoms with Gasteiger partial charge in [0.05, 0.1) is 18.3 Å². The van der Waals surface area contributed by atoms with E-state index in [0.717, 1.165) is 10.6 Å². The zero-order valence-electron chi connectivity index (χ0n) is 14.0. The molecule has 0 fully saturated rings. The van der Waals surface area contributed by atoms with Gasteiger partial charge in [0, 0.05) is 11.4 Å². The van der Waals surface area contributed by atoms with Gasteiger partial charge in [-0.25, -0.2) is 0 Å². The third kappa shape index (κ3) is 6.95. The number of aliphatic carboxylic acids is 1. The maximum absolute atomic E-state index is 12.1. The Bertz CT molecular complexity index is 516. The molecule has 2 atom stereocenters. The van der Waals surface area contributed by atoms with Crippen molar-refractivity contribution < 1.29 is 19.4 Å². The quantitative estimate of drug-likeness (QED) is 0.676. The highest BCUT2D eigenvalue weighted by molar-refractivity contribution is 8.00. The van der Waals surface area contributed by atoms with Crippen molar-refractivity contribution in [2.75, 3.05) is 13.7 Å². The van der Waals surface area contributed by atoms with E-state index in [2.05, 4.69) is 5.32 Å². The van der Waals surface area contributed by atoms with Crippen LogP contribution < -0.4 is 10.1 Å². The molecular formula is C17H25NO4S. The van der Waals surface area contributed by atoms with Crippen LogP contribution in [0, 0.1) is 11.8 Å². The number of hydrogen-bond acceptors (Lipinski definition) is 4. The summed E-state index contributed by atoms with van der Waals surface area (Å²) < 4.78 is 5.10. The topological polar surface area (TPSA) is 75.6 Å². The van der Waals surface area contributed by atoms with Crippen molar-refractivity contribution in [3.63, 3.8) is 0 Å². The van der Waals surface area contributed by atoms with Crippen LogP contribution in [0.25, 0.3) is 0 Å². The number of nitrogens with one attached hydrogen (secondary N) is 1. The van der Waals surface area contributed by atoms with Crippen molar-refractivity contribution in [1.29, 1.82) is 0 Å². The molecule has 1 aromatic carbocycles. The van der Waals surface area contributed by atoms with E-state index in [-0.39, 0.29) is 23.6 Å². The number of thioether (sulfide) groups is 1. The van der Waals surface area contributed by atoms with Crippen molar-refractivity contribution in [3.05, 3.63) is 24.3 Å². The van der Waals surface area contributed by atoms with E-state index in [9.17, 15) is 14.7 Å². The number of rotatable bonds is 9. The predicted octanol–water partition coefficient (Wildman–Crippen LogP) is 3.04. The second kappa shape index (κ2) is 9.45. The molecule has 128 valence electrons. The fourth-order valence-corrected chi connectivity index (χ4v) is 3.01. The summed E-state index contributed by atoms with van der Waals surface area (Å²) in [6.07, 6.45) is 0.551. The lowest BCUT2D eigenvalue weighted by Gasteiger charge is -2.17. The van der Waals surface area contributed by atoms with Crippen molar-refractivity contribution in [2.24, 2.45) is 11.8 Å². The molecule has 23 heavy (non-hydrogen) atoms. The summed E-state index contributed by atoms with van der Waals surface area (Å²) in [7, 11) is 1.61. The van der Waals surface area contributed by atoms with E-state index < -0.39 is 11.9 Å². The highest BCUT2D eigenvalue weighted by atomic mass is 32.2. The van der Waals surface area contributed by atoms with Gasteiger partial charge in [0.15, 0.2) is 0 Å². The molecule has 0 spiro atoms. The summed E-state index contributed by atoms with van der Waals surface area (Å²) in [6.45, 7) is 5.92. The van der Waals surface area contributed by atoms with Crippen LogP contribution >= 0.6 is 11.8 Å². The molecule has 0 heterocycles. The fraction of sp³-hybridized carbons (Fsp3) is 0.529. The monoisotopic (exact) mass is 339 g/mol. The van der Waals surface area contributed by atoms with Crippen molar-refractivity contribution in [3.8, 4) is 5.75 Å². The highest BCUT2D eigenvalue weighted by Crippen LogP contribution is 2.25. The van der Waals surface area contributed by atoms with Crippen LogP contribution in [0.2, 0.25) is 0 Å². The van der Waals surface area contributed by atoms with E-state index >= 15 is 0 Å². The Hall–Kier alpha value is -1.69. The molecule has 1 rings (SSSR count). The molecule has 0 aliphatic rings. The van der Waals surface area contributed by atoms with Crippen LogP contribution in [0.3, 0.4) is 0 Å². The van der Waals surface area contributed by atoms with E-state index in [1.807, 2.05) is 45.0 Å². The fourth-order valence-electron chi connectivity index (χ4n) is 2.12. The lowest BCUT2D eigenvalue weighted by molar-refractivity contribution is -0.142. The Labute approximate surface area is 141 Å².